The highest BCUT2D eigenvalue weighted by molar-refractivity contribution is 5.56. The fraction of sp³-hybridized carbons (Fsp3) is 0.700. The zero-order chi connectivity index (χ0) is 12.9. The minimum atomic E-state index is 0.674. The van der Waals surface area contributed by atoms with Crippen LogP contribution in [-0.2, 0) is 0 Å². The number of hydrogen-bond acceptors (Lipinski definition) is 0. The molecule has 4 unspecified atom stereocenters. The zero-order valence-electron chi connectivity index (χ0n) is 12.3. The van der Waals surface area contributed by atoms with Crippen LogP contribution in [0.25, 0.3) is 0 Å². The first-order chi connectivity index (χ1) is 9.87. The third-order valence-corrected chi connectivity index (χ3v) is 8.21. The number of allylic oxidation sites excluding steroid dienone is 6. The Bertz CT molecular complexity index is 487. The smallest absolute Gasteiger partial charge is 0.00514 e. The number of rotatable bonds is 0. The average Bonchev–Trinajstić information content (AvgIpc) is 3.28. The Morgan fingerprint density at radius 2 is 0.850 bits per heavy atom. The van der Waals surface area contributed by atoms with Crippen LogP contribution in [-0.4, -0.2) is 0 Å². The van der Waals surface area contributed by atoms with Crippen LogP contribution >= 0.6 is 0 Å². The van der Waals surface area contributed by atoms with E-state index in [0.29, 0.717) is 10.8 Å². The topological polar surface area (TPSA) is 0 Å². The third-order valence-electron chi connectivity index (χ3n) is 8.21. The number of hydrogen-bond donors (Lipinski definition) is 0. The van der Waals surface area contributed by atoms with Crippen molar-refractivity contribution >= 4 is 0 Å². The maximum absolute atomic E-state index is 2.63. The summed E-state index contributed by atoms with van der Waals surface area (Å²) >= 11 is 0. The second kappa shape index (κ2) is 3.18. The van der Waals surface area contributed by atoms with E-state index in [0.717, 1.165) is 23.7 Å². The van der Waals surface area contributed by atoms with E-state index in [2.05, 4.69) is 24.3 Å². The Hall–Kier alpha value is -0.780. The normalized spacial score (nSPS) is 47.6. The molecule has 0 N–H and O–H groups in total. The highest BCUT2D eigenvalue weighted by Crippen LogP contribution is 2.76. The van der Waals surface area contributed by atoms with Crippen LogP contribution in [0.1, 0.15) is 51.4 Å². The number of fused-ring (bicyclic) bond motifs is 4. The monoisotopic (exact) mass is 264 g/mol. The first-order valence-electron chi connectivity index (χ1n) is 8.97. The van der Waals surface area contributed by atoms with Gasteiger partial charge in [-0.1, -0.05) is 61.1 Å². The highest BCUT2D eigenvalue weighted by Gasteiger charge is 2.67. The van der Waals surface area contributed by atoms with Crippen LogP contribution in [0.2, 0.25) is 0 Å². The molecule has 4 bridgehead atoms. The quantitative estimate of drug-likeness (QED) is 0.538. The molecular weight excluding hydrogens is 240 g/mol. The summed E-state index contributed by atoms with van der Waals surface area (Å²) < 4.78 is 0. The SMILES string of the molecule is C1=CC2C3=C(C1C21CCCC1)C1C=CC3C12CCCC2. The Morgan fingerprint density at radius 1 is 0.550 bits per heavy atom. The first kappa shape index (κ1) is 10.9. The van der Waals surface area contributed by atoms with E-state index in [-0.39, 0.29) is 0 Å². The summed E-state index contributed by atoms with van der Waals surface area (Å²) in [5, 5.41) is 0. The molecule has 20 heavy (non-hydrogen) atoms. The minimum Gasteiger partial charge on any atom is -0.0801 e. The fourth-order valence-corrected chi connectivity index (χ4v) is 7.67. The van der Waals surface area contributed by atoms with Gasteiger partial charge in [-0.3, -0.25) is 0 Å². The molecule has 2 saturated carbocycles. The molecular formula is C20H24. The Kier molecular flexibility index (Phi) is 1.73. The van der Waals surface area contributed by atoms with E-state index in [1.165, 1.54) is 51.4 Å². The van der Waals surface area contributed by atoms with Gasteiger partial charge in [-0.2, -0.15) is 0 Å². The van der Waals surface area contributed by atoms with Crippen LogP contribution < -0.4 is 0 Å². The predicted octanol–water partition coefficient (Wildman–Crippen LogP) is 5.04. The van der Waals surface area contributed by atoms with Gasteiger partial charge in [-0.05, 0) is 36.5 Å². The summed E-state index contributed by atoms with van der Waals surface area (Å²) in [4.78, 5) is 0. The van der Waals surface area contributed by atoms with Gasteiger partial charge in [-0.25, -0.2) is 0 Å². The van der Waals surface area contributed by atoms with Crippen molar-refractivity contribution in [1.82, 2.24) is 0 Å². The van der Waals surface area contributed by atoms with E-state index < -0.39 is 0 Å². The molecule has 0 amide bonds. The van der Waals surface area contributed by atoms with Crippen molar-refractivity contribution in [2.24, 2.45) is 34.5 Å². The van der Waals surface area contributed by atoms with E-state index >= 15 is 0 Å². The molecule has 0 radical (unpaired) electrons. The Morgan fingerprint density at radius 3 is 1.15 bits per heavy atom. The molecule has 0 aromatic rings. The van der Waals surface area contributed by atoms with Crippen LogP contribution in [0, 0.1) is 34.5 Å². The molecule has 0 heteroatoms. The lowest BCUT2D eigenvalue weighted by atomic mass is 9.63. The molecule has 2 spiro atoms. The van der Waals surface area contributed by atoms with Gasteiger partial charge in [0, 0.05) is 23.7 Å². The molecule has 2 fully saturated rings. The van der Waals surface area contributed by atoms with Gasteiger partial charge in [0.25, 0.3) is 0 Å². The predicted molar refractivity (Wildman–Crippen MR) is 81.1 cm³/mol. The minimum absolute atomic E-state index is 0.674. The standard InChI is InChI=1S/C20H24/c1-2-10-19(9-1)13-5-6-14(19)18-16-8-7-15(17(13)18)20(16)11-3-4-12-20/h5-8,13-16H,1-4,9-12H2. The van der Waals surface area contributed by atoms with E-state index in [1.54, 1.807) is 0 Å². The van der Waals surface area contributed by atoms with Gasteiger partial charge < -0.3 is 0 Å². The van der Waals surface area contributed by atoms with E-state index in [4.69, 9.17) is 0 Å². The largest absolute Gasteiger partial charge is 0.0801 e. The van der Waals surface area contributed by atoms with Crippen molar-refractivity contribution in [2.75, 3.05) is 0 Å². The van der Waals surface area contributed by atoms with Crippen molar-refractivity contribution in [3.63, 3.8) is 0 Å². The van der Waals surface area contributed by atoms with Crippen molar-refractivity contribution in [3.8, 4) is 0 Å². The molecule has 0 aromatic carbocycles. The Labute approximate surface area is 122 Å². The van der Waals surface area contributed by atoms with Crippen LogP contribution in [0.5, 0.6) is 0 Å². The highest BCUT2D eigenvalue weighted by atomic mass is 14.7. The molecule has 6 aliphatic rings. The third kappa shape index (κ3) is 0.893. The van der Waals surface area contributed by atoms with Crippen LogP contribution in [0.4, 0.5) is 0 Å². The maximum atomic E-state index is 2.63. The van der Waals surface area contributed by atoms with E-state index in [1.807, 2.05) is 11.1 Å². The summed E-state index contributed by atoms with van der Waals surface area (Å²) in [6.45, 7) is 0. The molecule has 6 aliphatic carbocycles. The molecule has 0 aromatic heterocycles. The summed E-state index contributed by atoms with van der Waals surface area (Å²) in [6.07, 6.45) is 22.5. The molecule has 0 saturated heterocycles. The summed E-state index contributed by atoms with van der Waals surface area (Å²) in [7, 11) is 0. The fourth-order valence-electron chi connectivity index (χ4n) is 7.67. The second-order valence-corrected chi connectivity index (χ2v) is 8.47. The molecule has 0 heterocycles. The van der Waals surface area contributed by atoms with Crippen LogP contribution in [0.15, 0.2) is 35.5 Å². The van der Waals surface area contributed by atoms with Gasteiger partial charge in [0.05, 0.1) is 0 Å². The molecule has 0 nitrogen and oxygen atoms in total. The summed E-state index contributed by atoms with van der Waals surface area (Å²) in [5.74, 6) is 3.40. The second-order valence-electron chi connectivity index (χ2n) is 8.47. The molecule has 104 valence electrons. The average molecular weight is 264 g/mol. The lowest BCUT2D eigenvalue weighted by Crippen LogP contribution is -2.34. The van der Waals surface area contributed by atoms with Gasteiger partial charge in [0.2, 0.25) is 0 Å². The summed E-state index contributed by atoms with van der Waals surface area (Å²) in [5.41, 5.74) is 5.25. The molecule has 4 atom stereocenters. The zero-order valence-corrected chi connectivity index (χ0v) is 12.3. The Balaban J connectivity index is 1.50. The van der Waals surface area contributed by atoms with E-state index in [9.17, 15) is 0 Å². The van der Waals surface area contributed by atoms with Crippen molar-refractivity contribution in [1.29, 1.82) is 0 Å². The molecule has 0 aliphatic heterocycles. The van der Waals surface area contributed by atoms with Gasteiger partial charge in [-0.15, -0.1) is 0 Å². The first-order valence-corrected chi connectivity index (χ1v) is 8.97. The lowest BCUT2D eigenvalue weighted by molar-refractivity contribution is 0.158. The summed E-state index contributed by atoms with van der Waals surface area (Å²) in [6, 6.07) is 0. The van der Waals surface area contributed by atoms with Gasteiger partial charge >= 0.3 is 0 Å². The lowest BCUT2D eigenvalue weighted by Gasteiger charge is -2.40. The van der Waals surface area contributed by atoms with Crippen molar-refractivity contribution < 1.29 is 0 Å². The van der Waals surface area contributed by atoms with Gasteiger partial charge in [0.15, 0.2) is 0 Å². The molecule has 6 rings (SSSR count). The van der Waals surface area contributed by atoms with Crippen molar-refractivity contribution in [3.05, 3.63) is 35.5 Å². The maximum Gasteiger partial charge on any atom is 0.00514 e. The van der Waals surface area contributed by atoms with Gasteiger partial charge in [0.1, 0.15) is 0 Å². The van der Waals surface area contributed by atoms with Crippen LogP contribution in [0.3, 0.4) is 0 Å². The van der Waals surface area contributed by atoms with Crippen molar-refractivity contribution in [2.45, 2.75) is 51.4 Å².